The Bertz CT molecular complexity index is 1950. The zero-order valence-electron chi connectivity index (χ0n) is 24.3. The van der Waals surface area contributed by atoms with E-state index < -0.39 is 0 Å². The lowest BCUT2D eigenvalue weighted by atomic mass is 10.0. The van der Waals surface area contributed by atoms with Gasteiger partial charge in [0.15, 0.2) is 0 Å². The number of methoxy groups -OCH3 is 1. The van der Waals surface area contributed by atoms with Crippen LogP contribution >= 0.6 is 0 Å². The van der Waals surface area contributed by atoms with Crippen molar-refractivity contribution in [2.75, 3.05) is 24.0 Å². The molecule has 0 atom stereocenters. The second-order valence-corrected chi connectivity index (χ2v) is 10.8. The van der Waals surface area contributed by atoms with Gasteiger partial charge in [0.2, 0.25) is 0 Å². The molecule has 3 heteroatoms. The molecule has 0 amide bonds. The molecular weight excluding hydrogens is 524 g/mol. The highest BCUT2D eigenvalue weighted by Gasteiger charge is 2.14. The number of nitrogens with zero attached hydrogens (tertiary/aromatic N) is 2. The fraction of sp³-hybridized carbons (Fsp3) is 0.0500. The standard InChI is InChI=1S/C40H32N2O/c1-41(37-12-7-13-40(28-37)43-2)35-20-14-31(15-21-35)32-16-22-36(23-17-32)42(38-24-18-29-8-3-5-10-33(29)26-38)39-25-19-30-9-4-6-11-34(30)27-39/h3-28H,1-2H3. The summed E-state index contributed by atoms with van der Waals surface area (Å²) in [5.41, 5.74) is 7.93. The van der Waals surface area contributed by atoms with E-state index in [0.29, 0.717) is 0 Å². The quantitative estimate of drug-likeness (QED) is 0.194. The zero-order valence-corrected chi connectivity index (χ0v) is 24.3. The summed E-state index contributed by atoms with van der Waals surface area (Å²) in [5, 5.41) is 4.92. The highest BCUT2D eigenvalue weighted by atomic mass is 16.5. The van der Waals surface area contributed by atoms with E-state index in [1.165, 1.54) is 32.7 Å². The van der Waals surface area contributed by atoms with E-state index in [1.54, 1.807) is 7.11 Å². The first-order chi connectivity index (χ1) is 21.2. The Morgan fingerprint density at radius 1 is 0.395 bits per heavy atom. The Morgan fingerprint density at radius 3 is 1.42 bits per heavy atom. The summed E-state index contributed by atoms with van der Waals surface area (Å²) in [6, 6.07) is 56.1. The smallest absolute Gasteiger partial charge is 0.120 e. The Balaban J connectivity index is 1.22. The lowest BCUT2D eigenvalue weighted by Gasteiger charge is -2.26. The molecule has 0 fully saturated rings. The fourth-order valence-corrected chi connectivity index (χ4v) is 5.73. The van der Waals surface area contributed by atoms with Gasteiger partial charge in [-0.2, -0.15) is 0 Å². The second-order valence-electron chi connectivity index (χ2n) is 10.8. The van der Waals surface area contributed by atoms with Crippen LogP contribution in [-0.4, -0.2) is 14.2 Å². The molecule has 3 nitrogen and oxygen atoms in total. The Morgan fingerprint density at radius 2 is 0.884 bits per heavy atom. The van der Waals surface area contributed by atoms with E-state index in [0.717, 1.165) is 34.2 Å². The van der Waals surface area contributed by atoms with Crippen molar-refractivity contribution in [3.63, 3.8) is 0 Å². The van der Waals surface area contributed by atoms with Crippen molar-refractivity contribution < 1.29 is 4.74 Å². The maximum Gasteiger partial charge on any atom is 0.120 e. The van der Waals surface area contributed by atoms with Crippen molar-refractivity contribution in [3.05, 3.63) is 158 Å². The molecule has 0 heterocycles. The average molecular weight is 557 g/mol. The lowest BCUT2D eigenvalue weighted by Crippen LogP contribution is -2.10. The molecule has 208 valence electrons. The SMILES string of the molecule is COc1cccc(N(C)c2ccc(-c3ccc(N(c4ccc5ccccc5c4)c4ccc5ccccc5c4)cc3)cc2)c1. The van der Waals surface area contributed by atoms with Gasteiger partial charge < -0.3 is 14.5 Å². The van der Waals surface area contributed by atoms with Gasteiger partial charge >= 0.3 is 0 Å². The summed E-state index contributed by atoms with van der Waals surface area (Å²) >= 11 is 0. The molecule has 0 spiro atoms. The van der Waals surface area contributed by atoms with Crippen LogP contribution in [0.2, 0.25) is 0 Å². The van der Waals surface area contributed by atoms with Crippen LogP contribution in [0.4, 0.5) is 28.4 Å². The van der Waals surface area contributed by atoms with Gasteiger partial charge in [0, 0.05) is 41.6 Å². The van der Waals surface area contributed by atoms with E-state index in [9.17, 15) is 0 Å². The van der Waals surface area contributed by atoms with Gasteiger partial charge in [0.25, 0.3) is 0 Å². The predicted molar refractivity (Wildman–Crippen MR) is 183 cm³/mol. The van der Waals surface area contributed by atoms with E-state index in [-0.39, 0.29) is 0 Å². The zero-order chi connectivity index (χ0) is 29.2. The van der Waals surface area contributed by atoms with Gasteiger partial charge in [-0.1, -0.05) is 91.0 Å². The number of fused-ring (bicyclic) bond motifs is 2. The van der Waals surface area contributed by atoms with Gasteiger partial charge in [-0.15, -0.1) is 0 Å². The van der Waals surface area contributed by atoms with Gasteiger partial charge in [0.1, 0.15) is 5.75 Å². The van der Waals surface area contributed by atoms with Crippen LogP contribution in [-0.2, 0) is 0 Å². The minimum atomic E-state index is 0.850. The van der Waals surface area contributed by atoms with Crippen LogP contribution in [0.1, 0.15) is 0 Å². The van der Waals surface area contributed by atoms with Crippen molar-refractivity contribution in [2.24, 2.45) is 0 Å². The molecule has 0 radical (unpaired) electrons. The molecule has 0 aromatic heterocycles. The first-order valence-electron chi connectivity index (χ1n) is 14.5. The molecule has 0 saturated carbocycles. The Kier molecular flexibility index (Phi) is 6.98. The molecule has 0 N–H and O–H groups in total. The number of hydrogen-bond acceptors (Lipinski definition) is 3. The topological polar surface area (TPSA) is 15.7 Å². The third-order valence-corrected chi connectivity index (χ3v) is 8.14. The van der Waals surface area contributed by atoms with Crippen molar-refractivity contribution in [1.82, 2.24) is 0 Å². The Hall–Kier alpha value is -5.54. The largest absolute Gasteiger partial charge is 0.497 e. The first-order valence-corrected chi connectivity index (χ1v) is 14.5. The molecule has 7 aromatic carbocycles. The average Bonchev–Trinajstić information content (AvgIpc) is 3.08. The third-order valence-electron chi connectivity index (χ3n) is 8.14. The van der Waals surface area contributed by atoms with Gasteiger partial charge in [0.05, 0.1) is 7.11 Å². The molecule has 0 bridgehead atoms. The number of hydrogen-bond donors (Lipinski definition) is 0. The Labute approximate surface area is 252 Å². The maximum absolute atomic E-state index is 5.41. The molecular formula is C40H32N2O. The summed E-state index contributed by atoms with van der Waals surface area (Å²) in [6.45, 7) is 0. The van der Waals surface area contributed by atoms with Gasteiger partial charge in [-0.25, -0.2) is 0 Å². The van der Waals surface area contributed by atoms with E-state index >= 15 is 0 Å². The van der Waals surface area contributed by atoms with Crippen LogP contribution in [0.3, 0.4) is 0 Å². The van der Waals surface area contributed by atoms with Crippen molar-refractivity contribution in [3.8, 4) is 16.9 Å². The van der Waals surface area contributed by atoms with Gasteiger partial charge in [-0.05, 0) is 93.3 Å². The highest BCUT2D eigenvalue weighted by molar-refractivity contribution is 5.92. The number of benzene rings is 7. The van der Waals surface area contributed by atoms with Crippen LogP contribution in [0.5, 0.6) is 5.75 Å². The third kappa shape index (κ3) is 5.29. The van der Waals surface area contributed by atoms with Crippen molar-refractivity contribution >= 4 is 50.0 Å². The van der Waals surface area contributed by atoms with Crippen molar-refractivity contribution in [1.29, 1.82) is 0 Å². The molecule has 43 heavy (non-hydrogen) atoms. The summed E-state index contributed by atoms with van der Waals surface area (Å²) in [4.78, 5) is 4.51. The molecule has 0 saturated heterocycles. The van der Waals surface area contributed by atoms with Crippen LogP contribution in [0.25, 0.3) is 32.7 Å². The van der Waals surface area contributed by atoms with Crippen molar-refractivity contribution in [2.45, 2.75) is 0 Å². The highest BCUT2D eigenvalue weighted by Crippen LogP contribution is 2.38. The van der Waals surface area contributed by atoms with Gasteiger partial charge in [-0.3, -0.25) is 0 Å². The number of anilines is 5. The monoisotopic (exact) mass is 556 g/mol. The minimum absolute atomic E-state index is 0.850. The maximum atomic E-state index is 5.41. The number of rotatable bonds is 7. The summed E-state index contributed by atoms with van der Waals surface area (Å²) in [5.74, 6) is 0.850. The summed E-state index contributed by atoms with van der Waals surface area (Å²) in [6.07, 6.45) is 0. The van der Waals surface area contributed by atoms with Crippen LogP contribution in [0, 0.1) is 0 Å². The van der Waals surface area contributed by atoms with Crippen LogP contribution in [0.15, 0.2) is 158 Å². The molecule has 0 unspecified atom stereocenters. The van der Waals surface area contributed by atoms with E-state index in [1.807, 2.05) is 18.2 Å². The summed E-state index contributed by atoms with van der Waals surface area (Å²) < 4.78 is 5.41. The van der Waals surface area contributed by atoms with Crippen LogP contribution < -0.4 is 14.5 Å². The molecule has 7 aromatic rings. The molecule has 7 rings (SSSR count). The summed E-state index contributed by atoms with van der Waals surface area (Å²) in [7, 11) is 3.77. The normalized spacial score (nSPS) is 11.0. The fourth-order valence-electron chi connectivity index (χ4n) is 5.73. The first kappa shape index (κ1) is 26.4. The predicted octanol–water partition coefficient (Wildman–Crippen LogP) is 10.9. The van der Waals surface area contributed by atoms with E-state index in [4.69, 9.17) is 4.74 Å². The van der Waals surface area contributed by atoms with E-state index in [2.05, 4.69) is 156 Å². The second kappa shape index (κ2) is 11.4. The minimum Gasteiger partial charge on any atom is -0.497 e. The molecule has 0 aliphatic heterocycles. The molecule has 0 aliphatic carbocycles. The molecule has 0 aliphatic rings. The number of ether oxygens (including phenoxy) is 1. The lowest BCUT2D eigenvalue weighted by molar-refractivity contribution is 0.415.